The minimum atomic E-state index is 0.716. The van der Waals surface area contributed by atoms with Gasteiger partial charge in [-0.25, -0.2) is 4.98 Å². The fraction of sp³-hybridized carbons (Fsp3) is 0.545. The van der Waals surface area contributed by atoms with E-state index in [1.807, 2.05) is 12.1 Å². The smallest absolute Gasteiger partial charge is 0.126 e. The van der Waals surface area contributed by atoms with Crippen molar-refractivity contribution in [3.63, 3.8) is 0 Å². The van der Waals surface area contributed by atoms with E-state index in [-0.39, 0.29) is 0 Å². The van der Waals surface area contributed by atoms with Gasteiger partial charge in [-0.3, -0.25) is 0 Å². The standard InChI is InChI=1S/C11H17N3/c12-10-5-6-11(14-8-10)13-7-1-2-9-3-4-9/h5-6,8-9H,1-4,7,12H2,(H,13,14). The number of pyridine rings is 1. The Morgan fingerprint density at radius 3 is 2.93 bits per heavy atom. The molecule has 0 amide bonds. The van der Waals surface area contributed by atoms with Gasteiger partial charge in [0, 0.05) is 6.54 Å². The van der Waals surface area contributed by atoms with Crippen LogP contribution >= 0.6 is 0 Å². The van der Waals surface area contributed by atoms with Crippen molar-refractivity contribution in [3.8, 4) is 0 Å². The van der Waals surface area contributed by atoms with Crippen LogP contribution in [-0.2, 0) is 0 Å². The van der Waals surface area contributed by atoms with E-state index in [0.717, 1.165) is 18.3 Å². The number of rotatable bonds is 5. The third-order valence-corrected chi connectivity index (χ3v) is 2.58. The Balaban J connectivity index is 1.66. The molecule has 1 aromatic heterocycles. The molecular formula is C11H17N3. The van der Waals surface area contributed by atoms with Crippen molar-refractivity contribution >= 4 is 11.5 Å². The van der Waals surface area contributed by atoms with Crippen molar-refractivity contribution in [2.75, 3.05) is 17.6 Å². The van der Waals surface area contributed by atoms with Gasteiger partial charge in [0.1, 0.15) is 5.82 Å². The molecule has 0 saturated heterocycles. The number of nitrogens with two attached hydrogens (primary N) is 1. The van der Waals surface area contributed by atoms with E-state index in [9.17, 15) is 0 Å². The topological polar surface area (TPSA) is 50.9 Å². The summed E-state index contributed by atoms with van der Waals surface area (Å²) >= 11 is 0. The highest BCUT2D eigenvalue weighted by molar-refractivity contribution is 5.43. The van der Waals surface area contributed by atoms with E-state index < -0.39 is 0 Å². The zero-order valence-electron chi connectivity index (χ0n) is 8.37. The first kappa shape index (κ1) is 9.31. The molecule has 0 atom stereocenters. The summed E-state index contributed by atoms with van der Waals surface area (Å²) in [5.41, 5.74) is 6.26. The van der Waals surface area contributed by atoms with Crippen LogP contribution in [0.1, 0.15) is 25.7 Å². The van der Waals surface area contributed by atoms with Gasteiger partial charge in [0.25, 0.3) is 0 Å². The molecule has 0 unspecified atom stereocenters. The average molecular weight is 191 g/mol. The van der Waals surface area contributed by atoms with Gasteiger partial charge in [0.2, 0.25) is 0 Å². The lowest BCUT2D eigenvalue weighted by atomic mass is 10.2. The van der Waals surface area contributed by atoms with Gasteiger partial charge in [-0.15, -0.1) is 0 Å². The highest BCUT2D eigenvalue weighted by Gasteiger charge is 2.19. The maximum Gasteiger partial charge on any atom is 0.126 e. The Kier molecular flexibility index (Phi) is 2.87. The molecule has 3 nitrogen and oxygen atoms in total. The van der Waals surface area contributed by atoms with E-state index >= 15 is 0 Å². The van der Waals surface area contributed by atoms with Gasteiger partial charge >= 0.3 is 0 Å². The normalized spacial score (nSPS) is 15.4. The Bertz CT molecular complexity index is 277. The second-order valence-electron chi connectivity index (χ2n) is 3.99. The molecule has 0 aromatic carbocycles. The van der Waals surface area contributed by atoms with Gasteiger partial charge in [-0.2, -0.15) is 0 Å². The van der Waals surface area contributed by atoms with Gasteiger partial charge in [-0.1, -0.05) is 12.8 Å². The molecule has 76 valence electrons. The van der Waals surface area contributed by atoms with Crippen molar-refractivity contribution in [1.82, 2.24) is 4.98 Å². The van der Waals surface area contributed by atoms with Gasteiger partial charge in [-0.05, 0) is 30.9 Å². The van der Waals surface area contributed by atoms with Crippen LogP contribution in [0.5, 0.6) is 0 Å². The lowest BCUT2D eigenvalue weighted by Crippen LogP contribution is -2.03. The average Bonchev–Trinajstić information content (AvgIpc) is 2.99. The molecule has 1 fully saturated rings. The number of nitrogens with zero attached hydrogens (tertiary/aromatic N) is 1. The van der Waals surface area contributed by atoms with E-state index in [1.54, 1.807) is 6.20 Å². The quantitative estimate of drug-likeness (QED) is 0.702. The lowest BCUT2D eigenvalue weighted by molar-refractivity contribution is 0.686. The van der Waals surface area contributed by atoms with Gasteiger partial charge < -0.3 is 11.1 Å². The summed E-state index contributed by atoms with van der Waals surface area (Å²) in [5, 5.41) is 3.29. The van der Waals surface area contributed by atoms with E-state index in [4.69, 9.17) is 5.73 Å². The second kappa shape index (κ2) is 4.31. The summed E-state index contributed by atoms with van der Waals surface area (Å²) in [7, 11) is 0. The number of nitrogens with one attached hydrogen (secondary N) is 1. The van der Waals surface area contributed by atoms with Crippen LogP contribution in [0.15, 0.2) is 18.3 Å². The van der Waals surface area contributed by atoms with Crippen molar-refractivity contribution in [2.24, 2.45) is 5.92 Å². The molecule has 1 aliphatic carbocycles. The Labute approximate surface area is 84.7 Å². The Hall–Kier alpha value is -1.25. The summed E-state index contributed by atoms with van der Waals surface area (Å²) in [4.78, 5) is 4.17. The highest BCUT2D eigenvalue weighted by atomic mass is 15.0. The van der Waals surface area contributed by atoms with E-state index in [2.05, 4.69) is 10.3 Å². The minimum absolute atomic E-state index is 0.716. The Morgan fingerprint density at radius 2 is 2.29 bits per heavy atom. The van der Waals surface area contributed by atoms with Gasteiger partial charge in [0.05, 0.1) is 11.9 Å². The molecule has 3 N–H and O–H groups in total. The molecule has 1 aliphatic rings. The molecule has 3 heteroatoms. The number of nitrogen functional groups attached to an aromatic ring is 1. The van der Waals surface area contributed by atoms with Crippen LogP contribution in [0.3, 0.4) is 0 Å². The molecule has 1 aromatic rings. The zero-order chi connectivity index (χ0) is 9.80. The first-order valence-electron chi connectivity index (χ1n) is 5.30. The molecule has 1 saturated carbocycles. The van der Waals surface area contributed by atoms with E-state index in [1.165, 1.54) is 25.7 Å². The third-order valence-electron chi connectivity index (χ3n) is 2.58. The molecular weight excluding hydrogens is 174 g/mol. The Morgan fingerprint density at radius 1 is 1.43 bits per heavy atom. The molecule has 1 heterocycles. The van der Waals surface area contributed by atoms with Crippen LogP contribution in [0.4, 0.5) is 11.5 Å². The molecule has 2 rings (SSSR count). The first-order valence-corrected chi connectivity index (χ1v) is 5.30. The van der Waals surface area contributed by atoms with Crippen LogP contribution in [0.2, 0.25) is 0 Å². The summed E-state index contributed by atoms with van der Waals surface area (Å²) in [6.07, 6.45) is 7.18. The summed E-state index contributed by atoms with van der Waals surface area (Å²) in [5.74, 6) is 1.95. The summed E-state index contributed by atoms with van der Waals surface area (Å²) in [6, 6.07) is 3.79. The summed E-state index contributed by atoms with van der Waals surface area (Å²) < 4.78 is 0. The molecule has 0 bridgehead atoms. The van der Waals surface area contributed by atoms with Crippen molar-refractivity contribution in [3.05, 3.63) is 18.3 Å². The molecule has 14 heavy (non-hydrogen) atoms. The van der Waals surface area contributed by atoms with Crippen molar-refractivity contribution < 1.29 is 0 Å². The van der Waals surface area contributed by atoms with E-state index in [0.29, 0.717) is 5.69 Å². The molecule has 0 aliphatic heterocycles. The van der Waals surface area contributed by atoms with Crippen LogP contribution in [0.25, 0.3) is 0 Å². The largest absolute Gasteiger partial charge is 0.397 e. The number of anilines is 2. The number of aromatic nitrogens is 1. The van der Waals surface area contributed by atoms with Crippen molar-refractivity contribution in [1.29, 1.82) is 0 Å². The number of hydrogen-bond donors (Lipinski definition) is 2. The third kappa shape index (κ3) is 2.91. The minimum Gasteiger partial charge on any atom is -0.397 e. The SMILES string of the molecule is Nc1ccc(NCCCC2CC2)nc1. The maximum atomic E-state index is 5.54. The lowest BCUT2D eigenvalue weighted by Gasteiger charge is -2.04. The number of hydrogen-bond acceptors (Lipinski definition) is 3. The highest BCUT2D eigenvalue weighted by Crippen LogP contribution is 2.33. The van der Waals surface area contributed by atoms with Gasteiger partial charge in [0.15, 0.2) is 0 Å². The fourth-order valence-electron chi connectivity index (χ4n) is 1.52. The van der Waals surface area contributed by atoms with Crippen LogP contribution < -0.4 is 11.1 Å². The molecule has 0 radical (unpaired) electrons. The van der Waals surface area contributed by atoms with Crippen LogP contribution in [0, 0.1) is 5.92 Å². The predicted octanol–water partition coefficient (Wildman–Crippen LogP) is 2.27. The van der Waals surface area contributed by atoms with Crippen LogP contribution in [-0.4, -0.2) is 11.5 Å². The predicted molar refractivity (Wildman–Crippen MR) is 59.1 cm³/mol. The van der Waals surface area contributed by atoms with Crippen molar-refractivity contribution in [2.45, 2.75) is 25.7 Å². The second-order valence-corrected chi connectivity index (χ2v) is 3.99. The maximum absolute atomic E-state index is 5.54. The zero-order valence-corrected chi connectivity index (χ0v) is 8.37. The summed E-state index contributed by atoms with van der Waals surface area (Å²) in [6.45, 7) is 1.02. The molecule has 0 spiro atoms. The fourth-order valence-corrected chi connectivity index (χ4v) is 1.52. The monoisotopic (exact) mass is 191 g/mol. The first-order chi connectivity index (χ1) is 6.84.